The Morgan fingerprint density at radius 3 is 2.21 bits per heavy atom. The summed E-state index contributed by atoms with van der Waals surface area (Å²) in [6.45, 7) is 11.5. The predicted octanol–water partition coefficient (Wildman–Crippen LogP) is 1.44. The first-order chi connectivity index (χ1) is 17.9. The number of anilines is 1. The molecule has 2 heterocycles. The Morgan fingerprint density at radius 2 is 1.66 bits per heavy atom. The third-order valence-corrected chi connectivity index (χ3v) is 5.26. The van der Waals surface area contributed by atoms with Gasteiger partial charge in [-0.2, -0.15) is 8.75 Å². The highest BCUT2D eigenvalue weighted by Crippen LogP contribution is 2.21. The lowest BCUT2D eigenvalue weighted by molar-refractivity contribution is -0.144. The van der Waals surface area contributed by atoms with Gasteiger partial charge in [-0.05, 0) is 40.5 Å². The highest BCUT2D eigenvalue weighted by molar-refractivity contribution is 6.99. The molecule has 0 amide bonds. The maximum absolute atomic E-state index is 12.2. The maximum Gasteiger partial charge on any atom is 0.331 e. The number of aliphatic carboxylic acids is 2. The topological polar surface area (TPSA) is 177 Å². The third kappa shape index (κ3) is 15.0. The van der Waals surface area contributed by atoms with E-state index in [1.807, 2.05) is 20.8 Å². The molecule has 14 heteroatoms. The first-order valence-corrected chi connectivity index (χ1v) is 12.7. The van der Waals surface area contributed by atoms with E-state index in [0.29, 0.717) is 44.8 Å². The zero-order chi connectivity index (χ0) is 28.6. The highest BCUT2D eigenvalue weighted by atomic mass is 32.1. The summed E-state index contributed by atoms with van der Waals surface area (Å²) in [5, 5.41) is 19.0. The molecule has 0 aromatic carbocycles. The Bertz CT molecular complexity index is 950. The van der Waals surface area contributed by atoms with Crippen LogP contribution < -0.4 is 10.2 Å². The normalized spacial score (nSPS) is 14.6. The van der Waals surface area contributed by atoms with Gasteiger partial charge in [0.25, 0.3) is 0 Å². The first kappa shape index (κ1) is 32.7. The van der Waals surface area contributed by atoms with Gasteiger partial charge in [0.05, 0.1) is 37.2 Å². The number of carbonyl (C=O) groups excluding carboxylic acids is 2. The molecular formula is C24H36N4O9S. The van der Waals surface area contributed by atoms with Crippen LogP contribution >= 0.6 is 11.7 Å². The van der Waals surface area contributed by atoms with Crippen LogP contribution in [0.25, 0.3) is 0 Å². The van der Waals surface area contributed by atoms with Crippen LogP contribution in [0.1, 0.15) is 39.8 Å². The summed E-state index contributed by atoms with van der Waals surface area (Å²) in [6.07, 6.45) is 4.15. The van der Waals surface area contributed by atoms with E-state index >= 15 is 0 Å². The molecule has 1 fully saturated rings. The monoisotopic (exact) mass is 556 g/mol. The number of rotatable bonds is 12. The maximum atomic E-state index is 12.2. The number of nitrogens with one attached hydrogen (secondary N) is 1. The average molecular weight is 557 g/mol. The molecule has 0 bridgehead atoms. The largest absolute Gasteiger partial charge is 0.478 e. The van der Waals surface area contributed by atoms with Gasteiger partial charge in [-0.25, -0.2) is 19.2 Å². The summed E-state index contributed by atoms with van der Waals surface area (Å²) in [5.74, 6) is -2.77. The van der Waals surface area contributed by atoms with Gasteiger partial charge in [-0.1, -0.05) is 0 Å². The van der Waals surface area contributed by atoms with Gasteiger partial charge in [0.15, 0.2) is 5.82 Å². The number of nitrogens with zero attached hydrogens (tertiary/aromatic N) is 3. The predicted molar refractivity (Wildman–Crippen MR) is 139 cm³/mol. The van der Waals surface area contributed by atoms with Gasteiger partial charge >= 0.3 is 23.9 Å². The quantitative estimate of drug-likeness (QED) is 0.249. The SMILES string of the molecule is CCOC(=O)/C=C/C(=O)O[C@H](CCc1nsnc1N1CCOCC1)CNC(C)(C)C.O=C(O)/C=C\C(=O)O. The van der Waals surface area contributed by atoms with E-state index in [1.54, 1.807) is 6.92 Å². The number of aryl methyl sites for hydroxylation is 1. The molecule has 212 valence electrons. The minimum absolute atomic E-state index is 0.118. The van der Waals surface area contributed by atoms with Crippen LogP contribution in [0.4, 0.5) is 5.82 Å². The average Bonchev–Trinajstić information content (AvgIpc) is 3.32. The van der Waals surface area contributed by atoms with Crippen molar-refractivity contribution in [3.63, 3.8) is 0 Å². The molecule has 38 heavy (non-hydrogen) atoms. The number of carboxylic acids is 2. The Kier molecular flexibility index (Phi) is 14.8. The van der Waals surface area contributed by atoms with Gasteiger partial charge in [0, 0.05) is 49.5 Å². The van der Waals surface area contributed by atoms with E-state index in [9.17, 15) is 19.2 Å². The Hall–Kier alpha value is -3.36. The van der Waals surface area contributed by atoms with Gasteiger partial charge in [0.1, 0.15) is 6.10 Å². The molecular weight excluding hydrogens is 520 g/mol. The zero-order valence-electron chi connectivity index (χ0n) is 22.0. The van der Waals surface area contributed by atoms with Crippen molar-refractivity contribution in [1.82, 2.24) is 14.1 Å². The molecule has 1 aliphatic rings. The first-order valence-electron chi connectivity index (χ1n) is 12.0. The molecule has 0 saturated carbocycles. The number of ether oxygens (including phenoxy) is 3. The van der Waals surface area contributed by atoms with Crippen molar-refractivity contribution in [3.8, 4) is 0 Å². The summed E-state index contributed by atoms with van der Waals surface area (Å²) < 4.78 is 24.7. The van der Waals surface area contributed by atoms with Crippen LogP contribution in [-0.2, 0) is 39.8 Å². The van der Waals surface area contributed by atoms with Gasteiger partial charge in [0.2, 0.25) is 0 Å². The number of esters is 2. The second-order valence-corrected chi connectivity index (χ2v) is 9.49. The Morgan fingerprint density at radius 1 is 1.05 bits per heavy atom. The van der Waals surface area contributed by atoms with Crippen molar-refractivity contribution >= 4 is 41.4 Å². The van der Waals surface area contributed by atoms with Crippen molar-refractivity contribution in [2.45, 2.75) is 52.2 Å². The summed E-state index contributed by atoms with van der Waals surface area (Å²) in [7, 11) is 0. The molecule has 0 spiro atoms. The number of hydrogen-bond donors (Lipinski definition) is 3. The van der Waals surface area contributed by atoms with Crippen LogP contribution in [0.15, 0.2) is 24.3 Å². The van der Waals surface area contributed by atoms with E-state index in [2.05, 4.69) is 19.0 Å². The van der Waals surface area contributed by atoms with Gasteiger partial charge < -0.3 is 34.6 Å². The molecule has 0 radical (unpaired) electrons. The highest BCUT2D eigenvalue weighted by Gasteiger charge is 2.22. The number of carbonyl (C=O) groups is 4. The van der Waals surface area contributed by atoms with E-state index in [0.717, 1.165) is 36.8 Å². The zero-order valence-corrected chi connectivity index (χ0v) is 22.9. The van der Waals surface area contributed by atoms with E-state index < -0.39 is 23.9 Å². The second-order valence-electron chi connectivity index (χ2n) is 8.96. The molecule has 1 aromatic rings. The molecule has 13 nitrogen and oxygen atoms in total. The minimum Gasteiger partial charge on any atom is -0.478 e. The summed E-state index contributed by atoms with van der Waals surface area (Å²) in [6, 6.07) is 0. The van der Waals surface area contributed by atoms with Gasteiger partial charge in [-0.15, -0.1) is 0 Å². The summed E-state index contributed by atoms with van der Waals surface area (Å²) in [4.78, 5) is 44.9. The van der Waals surface area contributed by atoms with Crippen LogP contribution in [0.2, 0.25) is 0 Å². The van der Waals surface area contributed by atoms with Gasteiger partial charge in [-0.3, -0.25) is 0 Å². The fourth-order valence-corrected chi connectivity index (χ4v) is 3.58. The molecule has 0 unspecified atom stereocenters. The van der Waals surface area contributed by atoms with Crippen LogP contribution in [0.3, 0.4) is 0 Å². The van der Waals surface area contributed by atoms with E-state index in [4.69, 9.17) is 24.4 Å². The molecule has 1 aromatic heterocycles. The molecule has 1 aliphatic heterocycles. The second kappa shape index (κ2) is 17.2. The van der Waals surface area contributed by atoms with Crippen molar-refractivity contribution in [2.24, 2.45) is 0 Å². The number of carboxylic acid groups (broad SMARTS) is 2. The molecule has 1 saturated heterocycles. The number of hydrogen-bond acceptors (Lipinski definition) is 12. The van der Waals surface area contributed by atoms with Crippen molar-refractivity contribution in [1.29, 1.82) is 0 Å². The smallest absolute Gasteiger partial charge is 0.331 e. The lowest BCUT2D eigenvalue weighted by atomic mass is 10.1. The lowest BCUT2D eigenvalue weighted by Gasteiger charge is -2.27. The fourth-order valence-electron chi connectivity index (χ4n) is 2.97. The number of aromatic nitrogens is 2. The van der Waals surface area contributed by atoms with E-state index in [1.165, 1.54) is 11.7 Å². The Labute approximate surface area is 225 Å². The summed E-state index contributed by atoms with van der Waals surface area (Å²) in [5.41, 5.74) is 0.785. The summed E-state index contributed by atoms with van der Waals surface area (Å²) >= 11 is 1.19. The molecule has 1 atom stereocenters. The minimum atomic E-state index is -1.26. The third-order valence-electron chi connectivity index (χ3n) is 4.70. The fraction of sp³-hybridized carbons (Fsp3) is 0.583. The molecule has 2 rings (SSSR count). The van der Waals surface area contributed by atoms with Crippen molar-refractivity contribution < 1.29 is 43.6 Å². The van der Waals surface area contributed by atoms with Crippen LogP contribution in [-0.4, -0.2) is 93.9 Å². The Balaban J connectivity index is 0.000000781. The van der Waals surface area contributed by atoms with Crippen LogP contribution in [0.5, 0.6) is 0 Å². The number of morpholine rings is 1. The standard InChI is InChI=1S/C20H32N4O5S.C4H4O4/c1-5-28-17(25)8-9-18(26)29-15(14-21-20(2,3)4)6-7-16-19(23-30-22-16)24-10-12-27-13-11-24;5-3(6)1-2-4(7)8/h8-9,15,21H,5-7,10-14H2,1-4H3;1-2H,(H,5,6)(H,7,8)/b9-8+;2-1-/t15-;/m1./s1. The molecule has 3 N–H and O–H groups in total. The molecule has 0 aliphatic carbocycles. The van der Waals surface area contributed by atoms with E-state index in [-0.39, 0.29) is 18.2 Å². The van der Waals surface area contributed by atoms with Crippen molar-refractivity contribution in [3.05, 3.63) is 30.0 Å². The van der Waals surface area contributed by atoms with Crippen molar-refractivity contribution in [2.75, 3.05) is 44.4 Å². The van der Waals surface area contributed by atoms with Crippen LogP contribution in [0, 0.1) is 0 Å². The lowest BCUT2D eigenvalue weighted by Crippen LogP contribution is -2.42.